The Morgan fingerprint density at radius 3 is 2.70 bits per heavy atom. The normalized spacial score (nSPS) is 22.9. The van der Waals surface area contributed by atoms with Crippen molar-refractivity contribution in [3.63, 3.8) is 0 Å². The number of aliphatic hydroxyl groups is 1. The quantitative estimate of drug-likeness (QED) is 0.892. The molecule has 0 aromatic carbocycles. The monoisotopic (exact) mass is 280 g/mol. The second kappa shape index (κ2) is 6.90. The number of ether oxygens (including phenoxy) is 2. The third kappa shape index (κ3) is 3.22. The van der Waals surface area contributed by atoms with E-state index in [2.05, 4.69) is 9.88 Å². The molecule has 2 rings (SSSR count). The van der Waals surface area contributed by atoms with Gasteiger partial charge in [-0.2, -0.15) is 0 Å². The van der Waals surface area contributed by atoms with Gasteiger partial charge in [-0.05, 0) is 19.9 Å². The Morgan fingerprint density at radius 2 is 2.05 bits per heavy atom. The van der Waals surface area contributed by atoms with E-state index in [1.54, 1.807) is 26.5 Å². The van der Waals surface area contributed by atoms with Crippen molar-refractivity contribution in [3.8, 4) is 11.5 Å². The van der Waals surface area contributed by atoms with E-state index in [0.29, 0.717) is 18.0 Å². The van der Waals surface area contributed by atoms with Crippen LogP contribution in [0.3, 0.4) is 0 Å². The Hall–Kier alpha value is -1.33. The molecule has 0 radical (unpaired) electrons. The van der Waals surface area contributed by atoms with E-state index < -0.39 is 0 Å². The zero-order valence-electron chi connectivity index (χ0n) is 12.5. The molecule has 1 aromatic rings. The van der Waals surface area contributed by atoms with E-state index in [0.717, 1.165) is 25.0 Å². The molecule has 2 atom stereocenters. The Bertz CT molecular complexity index is 439. The van der Waals surface area contributed by atoms with Crippen LogP contribution in [-0.4, -0.2) is 48.4 Å². The molecule has 0 aliphatic heterocycles. The van der Waals surface area contributed by atoms with Crippen molar-refractivity contribution in [3.05, 3.63) is 18.0 Å². The summed E-state index contributed by atoms with van der Waals surface area (Å²) in [6.07, 6.45) is 5.69. The van der Waals surface area contributed by atoms with Crippen LogP contribution in [-0.2, 0) is 6.54 Å². The van der Waals surface area contributed by atoms with E-state index in [4.69, 9.17) is 9.47 Å². The van der Waals surface area contributed by atoms with E-state index >= 15 is 0 Å². The maximum absolute atomic E-state index is 10.1. The van der Waals surface area contributed by atoms with Crippen molar-refractivity contribution in [1.29, 1.82) is 0 Å². The molecule has 1 heterocycles. The minimum Gasteiger partial charge on any atom is -0.493 e. The number of methoxy groups -OCH3 is 2. The third-order valence-corrected chi connectivity index (χ3v) is 4.03. The first-order chi connectivity index (χ1) is 9.67. The zero-order chi connectivity index (χ0) is 14.5. The topological polar surface area (TPSA) is 54.8 Å². The minimum atomic E-state index is -0.245. The lowest BCUT2D eigenvalue weighted by molar-refractivity contribution is 0.0280. The van der Waals surface area contributed by atoms with Crippen LogP contribution < -0.4 is 9.47 Å². The SMILES string of the molecule is COc1ccnc(CN(C)C2CCCCC2O)c1OC. The van der Waals surface area contributed by atoms with Crippen LogP contribution in [0.15, 0.2) is 12.3 Å². The smallest absolute Gasteiger partial charge is 0.183 e. The van der Waals surface area contributed by atoms with Crippen molar-refractivity contribution in [2.75, 3.05) is 21.3 Å². The molecule has 2 unspecified atom stereocenters. The van der Waals surface area contributed by atoms with Crippen LogP contribution in [0, 0.1) is 0 Å². The molecule has 1 saturated carbocycles. The first-order valence-electron chi connectivity index (χ1n) is 7.11. The predicted molar refractivity (Wildman–Crippen MR) is 77.1 cm³/mol. The summed E-state index contributed by atoms with van der Waals surface area (Å²) in [5, 5.41) is 10.1. The van der Waals surface area contributed by atoms with Gasteiger partial charge in [0.2, 0.25) is 0 Å². The van der Waals surface area contributed by atoms with E-state index in [-0.39, 0.29) is 12.1 Å². The highest BCUT2D eigenvalue weighted by molar-refractivity contribution is 5.42. The number of aliphatic hydroxyl groups excluding tert-OH is 1. The van der Waals surface area contributed by atoms with Gasteiger partial charge < -0.3 is 14.6 Å². The largest absolute Gasteiger partial charge is 0.493 e. The third-order valence-electron chi connectivity index (χ3n) is 4.03. The fourth-order valence-electron chi connectivity index (χ4n) is 2.92. The Morgan fingerprint density at radius 1 is 1.30 bits per heavy atom. The van der Waals surface area contributed by atoms with Crippen LogP contribution in [0.4, 0.5) is 0 Å². The van der Waals surface area contributed by atoms with E-state index in [1.807, 2.05) is 7.05 Å². The average Bonchev–Trinajstić information content (AvgIpc) is 2.47. The minimum absolute atomic E-state index is 0.196. The summed E-state index contributed by atoms with van der Waals surface area (Å²) in [6, 6.07) is 1.99. The molecular weight excluding hydrogens is 256 g/mol. The maximum atomic E-state index is 10.1. The van der Waals surface area contributed by atoms with Gasteiger partial charge in [0.1, 0.15) is 5.69 Å². The van der Waals surface area contributed by atoms with Gasteiger partial charge in [0.15, 0.2) is 11.5 Å². The van der Waals surface area contributed by atoms with Gasteiger partial charge in [-0.3, -0.25) is 9.88 Å². The summed E-state index contributed by atoms with van der Waals surface area (Å²) in [5.74, 6) is 1.36. The zero-order valence-corrected chi connectivity index (χ0v) is 12.5. The van der Waals surface area contributed by atoms with Crippen LogP contribution >= 0.6 is 0 Å². The standard InChI is InChI=1S/C15H24N2O3/c1-17(12-6-4-5-7-13(12)18)10-11-15(20-3)14(19-2)8-9-16-11/h8-9,12-13,18H,4-7,10H2,1-3H3. The lowest BCUT2D eigenvalue weighted by atomic mass is 9.91. The molecule has 5 heteroatoms. The highest BCUT2D eigenvalue weighted by Gasteiger charge is 2.27. The van der Waals surface area contributed by atoms with Crippen molar-refractivity contribution >= 4 is 0 Å². The lowest BCUT2D eigenvalue weighted by Crippen LogP contribution is -2.43. The van der Waals surface area contributed by atoms with Crippen molar-refractivity contribution in [2.45, 2.75) is 44.4 Å². The van der Waals surface area contributed by atoms with Crippen molar-refractivity contribution < 1.29 is 14.6 Å². The summed E-state index contributed by atoms with van der Waals surface area (Å²) in [4.78, 5) is 6.55. The molecule has 0 bridgehead atoms. The summed E-state index contributed by atoms with van der Waals surface area (Å²) in [7, 11) is 5.27. The number of hydrogen-bond donors (Lipinski definition) is 1. The average molecular weight is 280 g/mol. The lowest BCUT2D eigenvalue weighted by Gasteiger charge is -2.35. The van der Waals surface area contributed by atoms with Gasteiger partial charge in [0.05, 0.1) is 20.3 Å². The molecular formula is C15H24N2O3. The molecule has 0 spiro atoms. The number of nitrogens with zero attached hydrogens (tertiary/aromatic N) is 2. The first kappa shape index (κ1) is 15.1. The second-order valence-corrected chi connectivity index (χ2v) is 5.33. The first-order valence-corrected chi connectivity index (χ1v) is 7.11. The Labute approximate surface area is 120 Å². The molecule has 112 valence electrons. The van der Waals surface area contributed by atoms with Crippen LogP contribution in [0.25, 0.3) is 0 Å². The van der Waals surface area contributed by atoms with Gasteiger partial charge in [-0.25, -0.2) is 0 Å². The summed E-state index contributed by atoms with van der Waals surface area (Å²) >= 11 is 0. The van der Waals surface area contributed by atoms with Crippen LogP contribution in [0.2, 0.25) is 0 Å². The number of likely N-dealkylation sites (N-methyl/N-ethyl adjacent to an activating group) is 1. The molecule has 1 aliphatic rings. The molecule has 1 N–H and O–H groups in total. The Kier molecular flexibility index (Phi) is 5.20. The van der Waals surface area contributed by atoms with Gasteiger partial charge in [0.25, 0.3) is 0 Å². The predicted octanol–water partition coefficient (Wildman–Crippen LogP) is 1.83. The summed E-state index contributed by atoms with van der Waals surface area (Å²) < 4.78 is 10.7. The van der Waals surface area contributed by atoms with Crippen LogP contribution in [0.5, 0.6) is 11.5 Å². The molecule has 0 saturated heterocycles. The van der Waals surface area contributed by atoms with Gasteiger partial charge >= 0.3 is 0 Å². The van der Waals surface area contributed by atoms with E-state index in [1.165, 1.54) is 6.42 Å². The molecule has 20 heavy (non-hydrogen) atoms. The Balaban J connectivity index is 2.12. The fourth-order valence-corrected chi connectivity index (χ4v) is 2.92. The van der Waals surface area contributed by atoms with Gasteiger partial charge in [-0.1, -0.05) is 12.8 Å². The second-order valence-electron chi connectivity index (χ2n) is 5.33. The molecule has 1 aliphatic carbocycles. The van der Waals surface area contributed by atoms with Gasteiger partial charge in [0, 0.05) is 24.8 Å². The van der Waals surface area contributed by atoms with Crippen molar-refractivity contribution in [1.82, 2.24) is 9.88 Å². The highest BCUT2D eigenvalue weighted by atomic mass is 16.5. The molecule has 5 nitrogen and oxygen atoms in total. The highest BCUT2D eigenvalue weighted by Crippen LogP contribution is 2.31. The van der Waals surface area contributed by atoms with Crippen molar-refractivity contribution in [2.24, 2.45) is 0 Å². The van der Waals surface area contributed by atoms with Crippen LogP contribution in [0.1, 0.15) is 31.4 Å². The molecule has 1 aromatic heterocycles. The number of hydrogen-bond acceptors (Lipinski definition) is 5. The number of pyridine rings is 1. The fraction of sp³-hybridized carbons (Fsp3) is 0.667. The molecule has 0 amide bonds. The van der Waals surface area contributed by atoms with E-state index in [9.17, 15) is 5.11 Å². The molecule has 1 fully saturated rings. The number of rotatable bonds is 5. The number of aromatic nitrogens is 1. The summed E-state index contributed by atoms with van der Waals surface area (Å²) in [5.41, 5.74) is 0.840. The maximum Gasteiger partial charge on any atom is 0.183 e. The summed E-state index contributed by atoms with van der Waals surface area (Å²) in [6.45, 7) is 0.641. The van der Waals surface area contributed by atoms with Gasteiger partial charge in [-0.15, -0.1) is 0 Å².